The lowest BCUT2D eigenvalue weighted by Crippen LogP contribution is -2.31. The summed E-state index contributed by atoms with van der Waals surface area (Å²) in [5, 5.41) is 3.27. The fourth-order valence-corrected chi connectivity index (χ4v) is 1.57. The molecule has 84 valence electrons. The van der Waals surface area contributed by atoms with E-state index in [0.717, 1.165) is 18.8 Å². The van der Waals surface area contributed by atoms with Crippen LogP contribution in [0.4, 0.5) is 0 Å². The molecule has 0 fully saturated rings. The number of aryl methyl sites for hydroxylation is 1. The summed E-state index contributed by atoms with van der Waals surface area (Å²) >= 11 is 0. The average molecular weight is 207 g/mol. The molecule has 15 heavy (non-hydrogen) atoms. The van der Waals surface area contributed by atoms with E-state index in [9.17, 15) is 0 Å². The first-order valence-corrected chi connectivity index (χ1v) is 5.63. The Morgan fingerprint density at radius 1 is 1.33 bits per heavy atom. The van der Waals surface area contributed by atoms with Crippen molar-refractivity contribution >= 4 is 0 Å². The van der Waals surface area contributed by atoms with Gasteiger partial charge in [-0.2, -0.15) is 0 Å². The lowest BCUT2D eigenvalue weighted by atomic mass is 10.2. The van der Waals surface area contributed by atoms with Gasteiger partial charge in [0.05, 0.1) is 0 Å². The Bertz CT molecular complexity index is 286. The second-order valence-electron chi connectivity index (χ2n) is 3.85. The Morgan fingerprint density at radius 2 is 2.07 bits per heavy atom. The van der Waals surface area contributed by atoms with Crippen LogP contribution in [0.25, 0.3) is 0 Å². The topological polar surface area (TPSA) is 21.3 Å². The van der Waals surface area contributed by atoms with E-state index >= 15 is 0 Å². The lowest BCUT2D eigenvalue weighted by molar-refractivity contribution is 0.261. The Hall–Kier alpha value is -1.02. The zero-order valence-corrected chi connectivity index (χ0v) is 9.92. The molecule has 1 rings (SSSR count). The van der Waals surface area contributed by atoms with E-state index in [2.05, 4.69) is 25.2 Å². The van der Waals surface area contributed by atoms with Crippen LogP contribution in [0.5, 0.6) is 5.75 Å². The predicted molar refractivity (Wildman–Crippen MR) is 64.4 cm³/mol. The van der Waals surface area contributed by atoms with E-state index in [1.165, 1.54) is 12.0 Å². The normalized spacial score (nSPS) is 12.5. The molecule has 1 aromatic carbocycles. The van der Waals surface area contributed by atoms with Crippen molar-refractivity contribution in [2.24, 2.45) is 0 Å². The maximum atomic E-state index is 5.78. The molecule has 1 N–H and O–H groups in total. The average Bonchev–Trinajstić information content (AvgIpc) is 2.26. The van der Waals surface area contributed by atoms with Gasteiger partial charge in [0, 0.05) is 6.04 Å². The third-order valence-electron chi connectivity index (χ3n) is 2.58. The Labute approximate surface area is 92.6 Å². The molecule has 1 unspecified atom stereocenters. The standard InChI is InChI=1S/C13H21NO/c1-4-7-12(14-3)10-15-13-9-6-5-8-11(13)2/h5-6,8-9,12,14H,4,7,10H2,1-3H3. The van der Waals surface area contributed by atoms with Crippen molar-refractivity contribution in [1.29, 1.82) is 0 Å². The molecule has 1 aromatic rings. The van der Waals surface area contributed by atoms with Crippen molar-refractivity contribution in [1.82, 2.24) is 5.32 Å². The summed E-state index contributed by atoms with van der Waals surface area (Å²) in [5.41, 5.74) is 1.20. The third-order valence-corrected chi connectivity index (χ3v) is 2.58. The fourth-order valence-electron chi connectivity index (χ4n) is 1.57. The zero-order valence-electron chi connectivity index (χ0n) is 9.92. The van der Waals surface area contributed by atoms with Gasteiger partial charge in [-0.05, 0) is 32.0 Å². The minimum atomic E-state index is 0.453. The second-order valence-corrected chi connectivity index (χ2v) is 3.85. The van der Waals surface area contributed by atoms with E-state index in [1.54, 1.807) is 0 Å². The number of hydrogen-bond donors (Lipinski definition) is 1. The monoisotopic (exact) mass is 207 g/mol. The highest BCUT2D eigenvalue weighted by Crippen LogP contribution is 2.16. The van der Waals surface area contributed by atoms with Crippen LogP contribution < -0.4 is 10.1 Å². The molecule has 0 saturated heterocycles. The minimum Gasteiger partial charge on any atom is -0.492 e. The maximum Gasteiger partial charge on any atom is 0.122 e. The summed E-state index contributed by atoms with van der Waals surface area (Å²) in [6, 6.07) is 8.59. The van der Waals surface area contributed by atoms with E-state index in [1.807, 2.05) is 25.2 Å². The number of ether oxygens (including phenoxy) is 1. The molecule has 2 nitrogen and oxygen atoms in total. The first-order chi connectivity index (χ1) is 7.27. The predicted octanol–water partition coefficient (Wildman–Crippen LogP) is 2.76. The summed E-state index contributed by atoms with van der Waals surface area (Å²) < 4.78 is 5.78. The highest BCUT2D eigenvalue weighted by atomic mass is 16.5. The van der Waals surface area contributed by atoms with E-state index < -0.39 is 0 Å². The number of benzene rings is 1. The molecule has 0 aromatic heterocycles. The number of rotatable bonds is 6. The molecule has 0 saturated carbocycles. The Balaban J connectivity index is 2.45. The molecule has 1 atom stereocenters. The maximum absolute atomic E-state index is 5.78. The molecule has 2 heteroatoms. The molecular weight excluding hydrogens is 186 g/mol. The van der Waals surface area contributed by atoms with Gasteiger partial charge in [0.15, 0.2) is 0 Å². The fraction of sp³-hybridized carbons (Fsp3) is 0.538. The first-order valence-electron chi connectivity index (χ1n) is 5.63. The summed E-state index contributed by atoms with van der Waals surface area (Å²) in [5.74, 6) is 0.994. The van der Waals surface area contributed by atoms with Crippen LogP contribution in [0.1, 0.15) is 25.3 Å². The molecule has 0 aliphatic rings. The molecule has 0 aliphatic carbocycles. The molecule has 0 aliphatic heterocycles. The minimum absolute atomic E-state index is 0.453. The zero-order chi connectivity index (χ0) is 11.1. The SMILES string of the molecule is CCCC(COc1ccccc1C)NC. The summed E-state index contributed by atoms with van der Waals surface area (Å²) in [6.07, 6.45) is 2.34. The van der Waals surface area contributed by atoms with Gasteiger partial charge in [0.2, 0.25) is 0 Å². The van der Waals surface area contributed by atoms with Crippen LogP contribution in [-0.2, 0) is 0 Å². The Kier molecular flexibility index (Phi) is 5.19. The molecule has 0 amide bonds. The van der Waals surface area contributed by atoms with Gasteiger partial charge in [-0.15, -0.1) is 0 Å². The number of hydrogen-bond acceptors (Lipinski definition) is 2. The van der Waals surface area contributed by atoms with Gasteiger partial charge >= 0.3 is 0 Å². The highest BCUT2D eigenvalue weighted by Gasteiger charge is 2.06. The van der Waals surface area contributed by atoms with Crippen LogP contribution in [-0.4, -0.2) is 19.7 Å². The van der Waals surface area contributed by atoms with Crippen molar-refractivity contribution in [2.75, 3.05) is 13.7 Å². The van der Waals surface area contributed by atoms with Crippen LogP contribution >= 0.6 is 0 Å². The quantitative estimate of drug-likeness (QED) is 0.774. The van der Waals surface area contributed by atoms with Crippen LogP contribution in [0.3, 0.4) is 0 Å². The van der Waals surface area contributed by atoms with E-state index in [-0.39, 0.29) is 0 Å². The van der Waals surface area contributed by atoms with E-state index in [0.29, 0.717) is 6.04 Å². The molecule has 0 spiro atoms. The van der Waals surface area contributed by atoms with Gasteiger partial charge in [-0.1, -0.05) is 31.5 Å². The molecule has 0 heterocycles. The van der Waals surface area contributed by atoms with Gasteiger partial charge in [-0.3, -0.25) is 0 Å². The number of para-hydroxylation sites is 1. The van der Waals surface area contributed by atoms with Crippen molar-refractivity contribution in [2.45, 2.75) is 32.7 Å². The van der Waals surface area contributed by atoms with Gasteiger partial charge in [0.25, 0.3) is 0 Å². The van der Waals surface area contributed by atoms with Crippen LogP contribution in [0.2, 0.25) is 0 Å². The summed E-state index contributed by atoms with van der Waals surface area (Å²) in [6.45, 7) is 5.01. The van der Waals surface area contributed by atoms with Crippen molar-refractivity contribution < 1.29 is 4.74 Å². The third kappa shape index (κ3) is 3.92. The second kappa shape index (κ2) is 6.46. The summed E-state index contributed by atoms with van der Waals surface area (Å²) in [4.78, 5) is 0. The molecule has 0 bridgehead atoms. The van der Waals surface area contributed by atoms with Crippen molar-refractivity contribution in [3.05, 3.63) is 29.8 Å². The largest absolute Gasteiger partial charge is 0.492 e. The smallest absolute Gasteiger partial charge is 0.122 e. The van der Waals surface area contributed by atoms with Crippen LogP contribution in [0.15, 0.2) is 24.3 Å². The first kappa shape index (κ1) is 12.1. The number of nitrogens with one attached hydrogen (secondary N) is 1. The number of likely N-dealkylation sites (N-methyl/N-ethyl adjacent to an activating group) is 1. The van der Waals surface area contributed by atoms with E-state index in [4.69, 9.17) is 4.74 Å². The van der Waals surface area contributed by atoms with Crippen LogP contribution in [0, 0.1) is 6.92 Å². The molecule has 0 radical (unpaired) electrons. The van der Waals surface area contributed by atoms with Gasteiger partial charge < -0.3 is 10.1 Å². The van der Waals surface area contributed by atoms with Crippen molar-refractivity contribution in [3.8, 4) is 5.75 Å². The lowest BCUT2D eigenvalue weighted by Gasteiger charge is -2.17. The molecular formula is C13H21NO. The highest BCUT2D eigenvalue weighted by molar-refractivity contribution is 5.31. The van der Waals surface area contributed by atoms with Crippen molar-refractivity contribution in [3.63, 3.8) is 0 Å². The van der Waals surface area contributed by atoms with Gasteiger partial charge in [-0.25, -0.2) is 0 Å². The van der Waals surface area contributed by atoms with Gasteiger partial charge in [0.1, 0.15) is 12.4 Å². The Morgan fingerprint density at radius 3 is 2.67 bits per heavy atom. The summed E-state index contributed by atoms with van der Waals surface area (Å²) in [7, 11) is 1.99.